The third-order valence-electron chi connectivity index (χ3n) is 5.86. The van der Waals surface area contributed by atoms with E-state index >= 15 is 0 Å². The van der Waals surface area contributed by atoms with Crippen molar-refractivity contribution in [3.8, 4) is 22.6 Å². The fraction of sp³-hybridized carbons (Fsp3) is 0.500. The Labute approximate surface area is 202 Å². The number of carboxylic acids is 2. The minimum Gasteiger partial charge on any atom is -0.507 e. The summed E-state index contributed by atoms with van der Waals surface area (Å²) in [5, 5.41) is 28.5. The lowest BCUT2D eigenvalue weighted by Crippen LogP contribution is -2.01. The molecule has 0 aromatic heterocycles. The van der Waals surface area contributed by atoms with Crippen LogP contribution in [0.2, 0.25) is 0 Å². The summed E-state index contributed by atoms with van der Waals surface area (Å²) >= 11 is 0. The molecule has 0 fully saturated rings. The molecule has 0 aliphatic heterocycles. The summed E-state index contributed by atoms with van der Waals surface area (Å²) in [6.45, 7) is 2.79. The normalized spacial score (nSPS) is 10.9. The lowest BCUT2D eigenvalue weighted by Gasteiger charge is -2.16. The summed E-state index contributed by atoms with van der Waals surface area (Å²) in [6, 6.07) is 11.2. The van der Waals surface area contributed by atoms with Crippen molar-refractivity contribution in [2.24, 2.45) is 0 Å². The Morgan fingerprint density at radius 1 is 0.735 bits per heavy atom. The summed E-state index contributed by atoms with van der Waals surface area (Å²) < 4.78 is 6.12. The molecule has 0 spiro atoms. The van der Waals surface area contributed by atoms with Crippen molar-refractivity contribution in [3.05, 3.63) is 47.5 Å². The van der Waals surface area contributed by atoms with Crippen molar-refractivity contribution in [2.45, 2.75) is 84.0 Å². The van der Waals surface area contributed by atoms with Crippen LogP contribution < -0.4 is 4.74 Å². The van der Waals surface area contributed by atoms with Gasteiger partial charge in [-0.15, -0.1) is 0 Å². The van der Waals surface area contributed by atoms with E-state index in [4.69, 9.17) is 14.9 Å². The number of ether oxygens (including phenoxy) is 1. The zero-order valence-electron chi connectivity index (χ0n) is 20.2. The highest BCUT2D eigenvalue weighted by Gasteiger charge is 2.14. The minimum absolute atomic E-state index is 0.0991. The number of carboxylic acid groups (broad SMARTS) is 2. The standard InChI is InChI=1S/C28H38O6/c1-2-3-4-5-6-7-18-34-26-17-15-22(11-9-13-28(32)33)20-24(26)23-19-21(14-16-25(23)29)10-8-12-27(30)31/h14-17,19-20,29H,2-13,18H2,1H3,(H,30,31)(H,32,33). The largest absolute Gasteiger partial charge is 0.507 e. The highest BCUT2D eigenvalue weighted by atomic mass is 16.5. The van der Waals surface area contributed by atoms with E-state index in [0.29, 0.717) is 43.6 Å². The number of rotatable bonds is 17. The summed E-state index contributed by atoms with van der Waals surface area (Å²) in [7, 11) is 0. The van der Waals surface area contributed by atoms with Gasteiger partial charge in [-0.2, -0.15) is 0 Å². The minimum atomic E-state index is -0.821. The quantitative estimate of drug-likeness (QED) is 0.225. The average molecular weight is 471 g/mol. The van der Waals surface area contributed by atoms with Gasteiger partial charge in [0.1, 0.15) is 11.5 Å². The van der Waals surface area contributed by atoms with Gasteiger partial charge in [-0.1, -0.05) is 51.2 Å². The number of hydrogen-bond acceptors (Lipinski definition) is 4. The van der Waals surface area contributed by atoms with Gasteiger partial charge in [-0.05, 0) is 67.5 Å². The van der Waals surface area contributed by atoms with Crippen LogP contribution in [0, 0.1) is 0 Å². The molecule has 6 nitrogen and oxygen atoms in total. The lowest BCUT2D eigenvalue weighted by atomic mass is 9.96. The van der Waals surface area contributed by atoms with Gasteiger partial charge in [-0.3, -0.25) is 9.59 Å². The first kappa shape index (κ1) is 27.2. The second kappa shape index (κ2) is 15.0. The van der Waals surface area contributed by atoms with Gasteiger partial charge in [0.15, 0.2) is 0 Å². The molecule has 186 valence electrons. The molecule has 0 amide bonds. The summed E-state index contributed by atoms with van der Waals surface area (Å²) in [5.41, 5.74) is 3.35. The molecule has 0 bridgehead atoms. The predicted molar refractivity (Wildman–Crippen MR) is 134 cm³/mol. The number of carbonyl (C=O) groups is 2. The molecule has 2 rings (SSSR count). The van der Waals surface area contributed by atoms with E-state index in [1.807, 2.05) is 30.3 Å². The van der Waals surface area contributed by atoms with E-state index in [1.165, 1.54) is 25.7 Å². The molecular weight excluding hydrogens is 432 g/mol. The third-order valence-corrected chi connectivity index (χ3v) is 5.86. The van der Waals surface area contributed by atoms with Gasteiger partial charge in [-0.25, -0.2) is 0 Å². The number of aryl methyl sites for hydroxylation is 2. The Kier molecular flexibility index (Phi) is 12.0. The fourth-order valence-corrected chi connectivity index (χ4v) is 3.98. The molecule has 0 unspecified atom stereocenters. The Bertz CT molecular complexity index is 921. The number of aromatic hydroxyl groups is 1. The van der Waals surface area contributed by atoms with Gasteiger partial charge >= 0.3 is 11.9 Å². The first-order valence-electron chi connectivity index (χ1n) is 12.4. The molecule has 0 saturated heterocycles. The molecule has 6 heteroatoms. The van der Waals surface area contributed by atoms with Crippen LogP contribution in [0.1, 0.15) is 82.3 Å². The van der Waals surface area contributed by atoms with Crippen molar-refractivity contribution in [1.29, 1.82) is 0 Å². The first-order valence-corrected chi connectivity index (χ1v) is 12.4. The summed E-state index contributed by atoms with van der Waals surface area (Å²) in [6.07, 6.45) is 9.50. The van der Waals surface area contributed by atoms with Gasteiger partial charge < -0.3 is 20.1 Å². The van der Waals surface area contributed by atoms with Gasteiger partial charge in [0.2, 0.25) is 0 Å². The smallest absolute Gasteiger partial charge is 0.303 e. The highest BCUT2D eigenvalue weighted by Crippen LogP contribution is 2.38. The van der Waals surface area contributed by atoms with Crippen LogP contribution in [-0.4, -0.2) is 33.9 Å². The van der Waals surface area contributed by atoms with Crippen LogP contribution in [0.15, 0.2) is 36.4 Å². The Balaban J connectivity index is 2.19. The third kappa shape index (κ3) is 9.86. The molecule has 34 heavy (non-hydrogen) atoms. The number of phenols is 1. The monoisotopic (exact) mass is 470 g/mol. The topological polar surface area (TPSA) is 104 Å². The Morgan fingerprint density at radius 3 is 1.91 bits per heavy atom. The summed E-state index contributed by atoms with van der Waals surface area (Å²) in [4.78, 5) is 21.7. The molecule has 0 aliphatic carbocycles. The van der Waals surface area contributed by atoms with Crippen LogP contribution >= 0.6 is 0 Å². The zero-order chi connectivity index (χ0) is 24.8. The number of hydrogen-bond donors (Lipinski definition) is 3. The maximum Gasteiger partial charge on any atom is 0.303 e. The lowest BCUT2D eigenvalue weighted by molar-refractivity contribution is -0.138. The SMILES string of the molecule is CCCCCCCCOc1ccc(CCCC(=O)O)cc1-c1cc(CCCC(=O)O)ccc1O. The Morgan fingerprint density at radius 2 is 1.29 bits per heavy atom. The van der Waals surface area contributed by atoms with Crippen molar-refractivity contribution < 1.29 is 29.6 Å². The van der Waals surface area contributed by atoms with Crippen LogP contribution in [-0.2, 0) is 22.4 Å². The van der Waals surface area contributed by atoms with Crippen molar-refractivity contribution >= 4 is 11.9 Å². The molecule has 0 atom stereocenters. The van der Waals surface area contributed by atoms with Crippen molar-refractivity contribution in [2.75, 3.05) is 6.61 Å². The van der Waals surface area contributed by atoms with E-state index in [0.717, 1.165) is 29.5 Å². The molecule has 3 N–H and O–H groups in total. The second-order valence-corrected chi connectivity index (χ2v) is 8.79. The van der Waals surface area contributed by atoms with Gasteiger partial charge in [0, 0.05) is 24.0 Å². The molecule has 2 aromatic carbocycles. The van der Waals surface area contributed by atoms with Crippen LogP contribution in [0.3, 0.4) is 0 Å². The molecule has 0 radical (unpaired) electrons. The number of benzene rings is 2. The predicted octanol–water partition coefficient (Wildman–Crippen LogP) is 6.61. The van der Waals surface area contributed by atoms with E-state index in [9.17, 15) is 14.7 Å². The molecular formula is C28H38O6. The second-order valence-electron chi connectivity index (χ2n) is 8.79. The average Bonchev–Trinajstić information content (AvgIpc) is 2.80. The number of phenolic OH excluding ortho intramolecular Hbond substituents is 1. The van der Waals surface area contributed by atoms with Crippen LogP contribution in [0.4, 0.5) is 0 Å². The van der Waals surface area contributed by atoms with E-state index in [1.54, 1.807) is 6.07 Å². The molecule has 0 heterocycles. The highest BCUT2D eigenvalue weighted by molar-refractivity contribution is 5.77. The summed E-state index contributed by atoms with van der Waals surface area (Å²) in [5.74, 6) is -0.813. The zero-order valence-corrected chi connectivity index (χ0v) is 20.2. The maximum atomic E-state index is 10.9. The maximum absolute atomic E-state index is 10.9. The molecule has 0 aliphatic rings. The number of unbranched alkanes of at least 4 members (excludes halogenated alkanes) is 5. The van der Waals surface area contributed by atoms with Crippen LogP contribution in [0.5, 0.6) is 11.5 Å². The van der Waals surface area contributed by atoms with E-state index in [-0.39, 0.29) is 18.6 Å². The van der Waals surface area contributed by atoms with Crippen molar-refractivity contribution in [1.82, 2.24) is 0 Å². The van der Waals surface area contributed by atoms with E-state index < -0.39 is 11.9 Å². The Hall–Kier alpha value is -3.02. The molecule has 2 aromatic rings. The fourth-order valence-electron chi connectivity index (χ4n) is 3.98. The van der Waals surface area contributed by atoms with Crippen molar-refractivity contribution in [3.63, 3.8) is 0 Å². The first-order chi connectivity index (χ1) is 16.4. The number of aliphatic carboxylic acids is 2. The van der Waals surface area contributed by atoms with Crippen LogP contribution in [0.25, 0.3) is 11.1 Å². The van der Waals surface area contributed by atoms with Gasteiger partial charge in [0.05, 0.1) is 6.61 Å². The van der Waals surface area contributed by atoms with E-state index in [2.05, 4.69) is 6.92 Å². The molecule has 0 saturated carbocycles. The van der Waals surface area contributed by atoms with Gasteiger partial charge in [0.25, 0.3) is 0 Å².